The fourth-order valence-electron chi connectivity index (χ4n) is 1.48. The van der Waals surface area contributed by atoms with Crippen LogP contribution in [0.25, 0.3) is 0 Å². The molecule has 0 aliphatic heterocycles. The molecule has 0 fully saturated rings. The Bertz CT molecular complexity index is 267. The van der Waals surface area contributed by atoms with Gasteiger partial charge in [0.15, 0.2) is 0 Å². The van der Waals surface area contributed by atoms with Crippen LogP contribution in [-0.2, 0) is 9.47 Å². The van der Waals surface area contributed by atoms with Crippen LogP contribution in [0.1, 0.15) is 27.7 Å². The minimum absolute atomic E-state index is 0.207. The van der Waals surface area contributed by atoms with Crippen molar-refractivity contribution in [2.75, 3.05) is 46.9 Å². The molecule has 0 radical (unpaired) electrons. The number of ether oxygens (including phenoxy) is 2. The second-order valence-corrected chi connectivity index (χ2v) is 6.03. The minimum Gasteiger partial charge on any atom is -0.444 e. The Morgan fingerprint density at radius 1 is 1.30 bits per heavy atom. The zero-order chi connectivity index (χ0) is 15.6. The second-order valence-electron chi connectivity index (χ2n) is 6.03. The van der Waals surface area contributed by atoms with Gasteiger partial charge in [0.25, 0.3) is 0 Å². The van der Waals surface area contributed by atoms with Gasteiger partial charge in [-0.3, -0.25) is 0 Å². The summed E-state index contributed by atoms with van der Waals surface area (Å²) in [7, 11) is 3.76. The SMILES string of the molecule is COCCN(C)CCNC(C)CNC(=O)OC(C)(C)C. The monoisotopic (exact) mass is 289 g/mol. The summed E-state index contributed by atoms with van der Waals surface area (Å²) in [4.78, 5) is 13.7. The van der Waals surface area contributed by atoms with Gasteiger partial charge in [0.1, 0.15) is 5.60 Å². The quantitative estimate of drug-likeness (QED) is 0.665. The van der Waals surface area contributed by atoms with E-state index >= 15 is 0 Å². The molecule has 0 aliphatic rings. The van der Waals surface area contributed by atoms with Gasteiger partial charge in [0, 0.05) is 39.3 Å². The smallest absolute Gasteiger partial charge is 0.407 e. The van der Waals surface area contributed by atoms with E-state index in [0.29, 0.717) is 6.54 Å². The van der Waals surface area contributed by atoms with E-state index in [1.54, 1.807) is 7.11 Å². The predicted octanol–water partition coefficient (Wildman–Crippen LogP) is 1.07. The number of methoxy groups -OCH3 is 1. The number of likely N-dealkylation sites (N-methyl/N-ethyl adjacent to an activating group) is 1. The van der Waals surface area contributed by atoms with E-state index in [2.05, 4.69) is 22.6 Å². The van der Waals surface area contributed by atoms with Gasteiger partial charge in [0.05, 0.1) is 6.61 Å². The zero-order valence-electron chi connectivity index (χ0n) is 13.8. The molecular weight excluding hydrogens is 258 g/mol. The van der Waals surface area contributed by atoms with E-state index in [1.807, 2.05) is 27.7 Å². The Hall–Kier alpha value is -0.850. The molecule has 0 aromatic rings. The van der Waals surface area contributed by atoms with Crippen molar-refractivity contribution in [3.8, 4) is 0 Å². The summed E-state index contributed by atoms with van der Waals surface area (Å²) in [6.07, 6.45) is -0.372. The number of nitrogens with one attached hydrogen (secondary N) is 2. The van der Waals surface area contributed by atoms with Gasteiger partial charge in [-0.25, -0.2) is 4.79 Å². The van der Waals surface area contributed by atoms with Gasteiger partial charge in [0.2, 0.25) is 0 Å². The molecule has 0 aromatic heterocycles. The van der Waals surface area contributed by atoms with Crippen molar-refractivity contribution < 1.29 is 14.3 Å². The van der Waals surface area contributed by atoms with Crippen LogP contribution in [0.4, 0.5) is 4.79 Å². The molecule has 0 bridgehead atoms. The molecule has 0 saturated carbocycles. The van der Waals surface area contributed by atoms with E-state index in [0.717, 1.165) is 26.2 Å². The summed E-state index contributed by atoms with van der Waals surface area (Å²) < 4.78 is 10.2. The van der Waals surface area contributed by atoms with E-state index < -0.39 is 5.60 Å². The highest BCUT2D eigenvalue weighted by Gasteiger charge is 2.16. The van der Waals surface area contributed by atoms with E-state index in [4.69, 9.17) is 9.47 Å². The van der Waals surface area contributed by atoms with Crippen LogP contribution in [0.15, 0.2) is 0 Å². The summed E-state index contributed by atoms with van der Waals surface area (Å²) in [6, 6.07) is 0.207. The van der Waals surface area contributed by atoms with E-state index in [1.165, 1.54) is 0 Å². The first-order chi connectivity index (χ1) is 9.24. The van der Waals surface area contributed by atoms with Crippen LogP contribution in [0.5, 0.6) is 0 Å². The molecule has 0 saturated heterocycles. The van der Waals surface area contributed by atoms with Crippen LogP contribution in [0, 0.1) is 0 Å². The molecular formula is C14H31N3O3. The third-order valence-electron chi connectivity index (χ3n) is 2.61. The summed E-state index contributed by atoms with van der Waals surface area (Å²) >= 11 is 0. The Labute approximate surface area is 123 Å². The van der Waals surface area contributed by atoms with Crippen LogP contribution in [-0.4, -0.2) is 69.6 Å². The lowest BCUT2D eigenvalue weighted by molar-refractivity contribution is 0.0523. The van der Waals surface area contributed by atoms with Gasteiger partial charge in [-0.1, -0.05) is 0 Å². The summed E-state index contributed by atoms with van der Waals surface area (Å²) in [5.41, 5.74) is -0.454. The lowest BCUT2D eigenvalue weighted by Crippen LogP contribution is -2.43. The number of hydrogen-bond donors (Lipinski definition) is 2. The molecule has 0 heterocycles. The third kappa shape index (κ3) is 12.2. The molecule has 1 amide bonds. The van der Waals surface area contributed by atoms with Crippen LogP contribution in [0.3, 0.4) is 0 Å². The van der Waals surface area contributed by atoms with Crippen molar-refractivity contribution in [3.05, 3.63) is 0 Å². The van der Waals surface area contributed by atoms with Crippen molar-refractivity contribution in [3.63, 3.8) is 0 Å². The van der Waals surface area contributed by atoms with Crippen molar-refractivity contribution in [1.82, 2.24) is 15.5 Å². The zero-order valence-corrected chi connectivity index (χ0v) is 13.8. The molecule has 6 nitrogen and oxygen atoms in total. The number of carbonyl (C=O) groups excluding carboxylic acids is 1. The fourth-order valence-corrected chi connectivity index (χ4v) is 1.48. The Kier molecular flexibility index (Phi) is 9.54. The van der Waals surface area contributed by atoms with Crippen molar-refractivity contribution >= 4 is 6.09 Å². The largest absolute Gasteiger partial charge is 0.444 e. The highest BCUT2D eigenvalue weighted by molar-refractivity contribution is 5.67. The van der Waals surface area contributed by atoms with Crippen molar-refractivity contribution in [2.45, 2.75) is 39.3 Å². The number of hydrogen-bond acceptors (Lipinski definition) is 5. The van der Waals surface area contributed by atoms with E-state index in [9.17, 15) is 4.79 Å². The van der Waals surface area contributed by atoms with Gasteiger partial charge >= 0.3 is 6.09 Å². The highest BCUT2D eigenvalue weighted by atomic mass is 16.6. The minimum atomic E-state index is -0.454. The Morgan fingerprint density at radius 3 is 2.50 bits per heavy atom. The molecule has 120 valence electrons. The molecule has 0 rings (SSSR count). The maximum absolute atomic E-state index is 11.5. The lowest BCUT2D eigenvalue weighted by atomic mass is 10.2. The number of alkyl carbamates (subject to hydrolysis) is 1. The van der Waals surface area contributed by atoms with Crippen molar-refractivity contribution in [1.29, 1.82) is 0 Å². The highest BCUT2D eigenvalue weighted by Crippen LogP contribution is 2.06. The summed E-state index contributed by atoms with van der Waals surface area (Å²) in [6.45, 7) is 11.6. The first-order valence-electron chi connectivity index (χ1n) is 7.12. The average Bonchev–Trinajstić information content (AvgIpc) is 2.31. The van der Waals surface area contributed by atoms with Gasteiger partial charge in [-0.2, -0.15) is 0 Å². The van der Waals surface area contributed by atoms with Gasteiger partial charge < -0.3 is 25.0 Å². The topological polar surface area (TPSA) is 62.8 Å². The number of rotatable bonds is 9. The van der Waals surface area contributed by atoms with Gasteiger partial charge in [-0.05, 0) is 34.7 Å². The van der Waals surface area contributed by atoms with Crippen LogP contribution in [0.2, 0.25) is 0 Å². The lowest BCUT2D eigenvalue weighted by Gasteiger charge is -2.22. The molecule has 0 aromatic carbocycles. The average molecular weight is 289 g/mol. The standard InChI is InChI=1S/C14H31N3O3/c1-12(11-16-13(18)20-14(2,3)4)15-7-8-17(5)9-10-19-6/h12,15H,7-11H2,1-6H3,(H,16,18). The molecule has 20 heavy (non-hydrogen) atoms. The molecule has 1 unspecified atom stereocenters. The normalized spacial score (nSPS) is 13.3. The maximum atomic E-state index is 11.5. The molecule has 6 heteroatoms. The predicted molar refractivity (Wildman–Crippen MR) is 81.1 cm³/mol. The number of amides is 1. The second kappa shape index (κ2) is 9.96. The fraction of sp³-hybridized carbons (Fsp3) is 0.929. The van der Waals surface area contributed by atoms with E-state index in [-0.39, 0.29) is 12.1 Å². The third-order valence-corrected chi connectivity index (χ3v) is 2.61. The summed E-state index contributed by atoms with van der Waals surface area (Å²) in [5, 5.41) is 6.11. The molecule has 0 aliphatic carbocycles. The number of nitrogens with zero attached hydrogens (tertiary/aromatic N) is 1. The maximum Gasteiger partial charge on any atom is 0.407 e. The number of carbonyl (C=O) groups is 1. The first-order valence-corrected chi connectivity index (χ1v) is 7.12. The van der Waals surface area contributed by atoms with Gasteiger partial charge in [-0.15, -0.1) is 0 Å². The van der Waals surface area contributed by atoms with Crippen LogP contribution >= 0.6 is 0 Å². The summed E-state index contributed by atoms with van der Waals surface area (Å²) in [5.74, 6) is 0. The molecule has 1 atom stereocenters. The Morgan fingerprint density at radius 2 is 1.95 bits per heavy atom. The first kappa shape index (κ1) is 19.1. The molecule has 0 spiro atoms. The molecule has 2 N–H and O–H groups in total. The van der Waals surface area contributed by atoms with Crippen LogP contribution < -0.4 is 10.6 Å². The van der Waals surface area contributed by atoms with Crippen molar-refractivity contribution in [2.24, 2.45) is 0 Å². The Balaban J connectivity index is 3.63.